The molecule has 7 nitrogen and oxygen atoms in total. The predicted octanol–water partition coefficient (Wildman–Crippen LogP) is 2.87. The molecule has 0 bridgehead atoms. The van der Waals surface area contributed by atoms with Gasteiger partial charge in [0.1, 0.15) is 0 Å². The van der Waals surface area contributed by atoms with Gasteiger partial charge in [-0.05, 0) is 48.4 Å². The van der Waals surface area contributed by atoms with Crippen LogP contribution < -0.4 is 15.1 Å². The number of rotatable bonds is 7. The highest BCUT2D eigenvalue weighted by atomic mass is 16.1. The number of nitrogens with zero attached hydrogens (tertiary/aromatic N) is 5. The molecular formula is C21H24N6O. The average Bonchev–Trinajstić information content (AvgIpc) is 2.73. The fourth-order valence-electron chi connectivity index (χ4n) is 2.63. The second-order valence-corrected chi connectivity index (χ2v) is 6.69. The molecule has 0 saturated heterocycles. The molecule has 144 valence electrons. The molecule has 0 aliphatic carbocycles. The number of likely N-dealkylation sites (N-methyl/N-ethyl adjacent to an activating group) is 1. The summed E-state index contributed by atoms with van der Waals surface area (Å²) in [6.07, 6.45) is 7.54. The number of benzene rings is 1. The van der Waals surface area contributed by atoms with Crippen molar-refractivity contribution in [3.05, 3.63) is 72.3 Å². The van der Waals surface area contributed by atoms with Crippen LogP contribution >= 0.6 is 0 Å². The van der Waals surface area contributed by atoms with Gasteiger partial charge in [-0.3, -0.25) is 9.78 Å². The van der Waals surface area contributed by atoms with Crippen molar-refractivity contribution in [1.29, 1.82) is 0 Å². The Bertz CT molecular complexity index is 894. The second kappa shape index (κ2) is 8.94. The normalized spacial score (nSPS) is 10.4. The van der Waals surface area contributed by atoms with Crippen LogP contribution in [0, 0.1) is 0 Å². The molecule has 3 rings (SSSR count). The standard InChI is InChI=1S/C21H24N6O/c1-26(2)19-6-4-18(5-7-19)25-20(28)17-14-23-21(24-15-17)27(3)13-10-16-8-11-22-12-9-16/h4-9,11-12,14-15H,10,13H2,1-3H3,(H,25,28). The summed E-state index contributed by atoms with van der Waals surface area (Å²) in [5.41, 5.74) is 3.43. The summed E-state index contributed by atoms with van der Waals surface area (Å²) in [7, 11) is 5.88. The molecule has 0 atom stereocenters. The predicted molar refractivity (Wildman–Crippen MR) is 112 cm³/mol. The van der Waals surface area contributed by atoms with Crippen LogP contribution in [-0.2, 0) is 6.42 Å². The highest BCUT2D eigenvalue weighted by Crippen LogP contribution is 2.16. The second-order valence-electron chi connectivity index (χ2n) is 6.69. The minimum Gasteiger partial charge on any atom is -0.378 e. The lowest BCUT2D eigenvalue weighted by atomic mass is 10.2. The van der Waals surface area contributed by atoms with E-state index in [4.69, 9.17) is 0 Å². The van der Waals surface area contributed by atoms with Crippen molar-refractivity contribution in [2.24, 2.45) is 0 Å². The third-order valence-corrected chi connectivity index (χ3v) is 4.37. The van der Waals surface area contributed by atoms with E-state index in [0.717, 1.165) is 24.3 Å². The number of carbonyl (C=O) groups excluding carboxylic acids is 1. The van der Waals surface area contributed by atoms with Crippen LogP contribution in [0.2, 0.25) is 0 Å². The van der Waals surface area contributed by atoms with Crippen molar-refractivity contribution < 1.29 is 4.79 Å². The first-order chi connectivity index (χ1) is 13.5. The van der Waals surface area contributed by atoms with Crippen LogP contribution in [0.3, 0.4) is 0 Å². The van der Waals surface area contributed by atoms with Gasteiger partial charge in [0.2, 0.25) is 5.95 Å². The molecule has 1 amide bonds. The number of amides is 1. The number of aromatic nitrogens is 3. The zero-order chi connectivity index (χ0) is 19.9. The molecule has 0 aliphatic rings. The highest BCUT2D eigenvalue weighted by Gasteiger charge is 2.10. The number of hydrogen-bond acceptors (Lipinski definition) is 6. The molecule has 2 heterocycles. The lowest BCUT2D eigenvalue weighted by Gasteiger charge is -2.17. The minimum atomic E-state index is -0.233. The van der Waals surface area contributed by atoms with Gasteiger partial charge in [0.25, 0.3) is 5.91 Å². The summed E-state index contributed by atoms with van der Waals surface area (Å²) in [6, 6.07) is 11.6. The number of pyridine rings is 1. The summed E-state index contributed by atoms with van der Waals surface area (Å²) < 4.78 is 0. The van der Waals surface area contributed by atoms with Gasteiger partial charge in [0.05, 0.1) is 5.56 Å². The van der Waals surface area contributed by atoms with Gasteiger partial charge in [-0.25, -0.2) is 9.97 Å². The zero-order valence-corrected chi connectivity index (χ0v) is 16.3. The Morgan fingerprint density at radius 2 is 1.61 bits per heavy atom. The first kappa shape index (κ1) is 19.3. The lowest BCUT2D eigenvalue weighted by Crippen LogP contribution is -2.23. The molecule has 0 unspecified atom stereocenters. The van der Waals surface area contributed by atoms with Crippen LogP contribution in [-0.4, -0.2) is 48.5 Å². The Morgan fingerprint density at radius 1 is 0.964 bits per heavy atom. The van der Waals surface area contributed by atoms with E-state index in [-0.39, 0.29) is 5.91 Å². The fourth-order valence-corrected chi connectivity index (χ4v) is 2.63. The highest BCUT2D eigenvalue weighted by molar-refractivity contribution is 6.03. The molecule has 28 heavy (non-hydrogen) atoms. The summed E-state index contributed by atoms with van der Waals surface area (Å²) in [5, 5.41) is 2.86. The van der Waals surface area contributed by atoms with Crippen molar-refractivity contribution in [1.82, 2.24) is 15.0 Å². The largest absolute Gasteiger partial charge is 0.378 e. The molecule has 0 saturated carbocycles. The van der Waals surface area contributed by atoms with Gasteiger partial charge >= 0.3 is 0 Å². The van der Waals surface area contributed by atoms with Crippen LogP contribution in [0.25, 0.3) is 0 Å². The Kier molecular flexibility index (Phi) is 6.16. The van der Waals surface area contributed by atoms with Crippen LogP contribution in [0.15, 0.2) is 61.2 Å². The first-order valence-electron chi connectivity index (χ1n) is 9.04. The van der Waals surface area contributed by atoms with E-state index in [1.54, 1.807) is 24.8 Å². The summed E-state index contributed by atoms with van der Waals surface area (Å²) in [4.78, 5) is 29.0. The molecule has 7 heteroatoms. The number of hydrogen-bond donors (Lipinski definition) is 1. The molecule has 3 aromatic rings. The van der Waals surface area contributed by atoms with Gasteiger partial charge in [0.15, 0.2) is 0 Å². The third-order valence-electron chi connectivity index (χ3n) is 4.37. The summed E-state index contributed by atoms with van der Waals surface area (Å²) in [5.74, 6) is 0.351. The smallest absolute Gasteiger partial charge is 0.258 e. The van der Waals surface area contributed by atoms with E-state index in [9.17, 15) is 4.79 Å². The monoisotopic (exact) mass is 376 g/mol. The van der Waals surface area contributed by atoms with Crippen molar-refractivity contribution in [2.45, 2.75) is 6.42 Å². The minimum absolute atomic E-state index is 0.233. The first-order valence-corrected chi connectivity index (χ1v) is 9.04. The number of nitrogens with one attached hydrogen (secondary N) is 1. The molecule has 2 aromatic heterocycles. The van der Waals surface area contributed by atoms with E-state index < -0.39 is 0 Å². The van der Waals surface area contributed by atoms with Gasteiger partial charge < -0.3 is 15.1 Å². The lowest BCUT2D eigenvalue weighted by molar-refractivity contribution is 0.102. The Morgan fingerprint density at radius 3 is 2.21 bits per heavy atom. The number of anilines is 3. The molecule has 0 radical (unpaired) electrons. The topological polar surface area (TPSA) is 74.2 Å². The van der Waals surface area contributed by atoms with Crippen molar-refractivity contribution in [3.63, 3.8) is 0 Å². The summed E-state index contributed by atoms with van der Waals surface area (Å²) in [6.45, 7) is 0.772. The van der Waals surface area contributed by atoms with E-state index in [1.165, 1.54) is 5.56 Å². The quantitative estimate of drug-likeness (QED) is 0.683. The van der Waals surface area contributed by atoms with Crippen molar-refractivity contribution in [3.8, 4) is 0 Å². The average molecular weight is 376 g/mol. The number of carbonyl (C=O) groups is 1. The Hall–Kier alpha value is -3.48. The zero-order valence-electron chi connectivity index (χ0n) is 16.3. The van der Waals surface area contributed by atoms with E-state index in [0.29, 0.717) is 11.5 Å². The van der Waals surface area contributed by atoms with Crippen LogP contribution in [0.1, 0.15) is 15.9 Å². The van der Waals surface area contributed by atoms with Crippen molar-refractivity contribution in [2.75, 3.05) is 42.8 Å². The van der Waals surface area contributed by atoms with E-state index in [2.05, 4.69) is 20.3 Å². The van der Waals surface area contributed by atoms with E-state index >= 15 is 0 Å². The maximum Gasteiger partial charge on any atom is 0.258 e. The third kappa shape index (κ3) is 5.03. The van der Waals surface area contributed by atoms with Gasteiger partial charge in [-0.15, -0.1) is 0 Å². The van der Waals surface area contributed by atoms with Gasteiger partial charge in [0, 0.05) is 63.8 Å². The fraction of sp³-hybridized carbons (Fsp3) is 0.238. The van der Waals surface area contributed by atoms with Crippen LogP contribution in [0.5, 0.6) is 0 Å². The SMILES string of the molecule is CN(C)c1ccc(NC(=O)c2cnc(N(C)CCc3ccncc3)nc2)cc1. The Labute approximate surface area is 165 Å². The van der Waals surface area contributed by atoms with Gasteiger partial charge in [-0.2, -0.15) is 0 Å². The molecule has 0 aliphatic heterocycles. The Balaban J connectivity index is 1.57. The maximum absolute atomic E-state index is 12.4. The van der Waals surface area contributed by atoms with Crippen LogP contribution in [0.4, 0.5) is 17.3 Å². The molecule has 1 N–H and O–H groups in total. The van der Waals surface area contributed by atoms with E-state index in [1.807, 2.05) is 67.3 Å². The molecule has 1 aromatic carbocycles. The molecular weight excluding hydrogens is 352 g/mol. The molecule has 0 spiro atoms. The molecule has 0 fully saturated rings. The maximum atomic E-state index is 12.4. The van der Waals surface area contributed by atoms with Crippen molar-refractivity contribution >= 4 is 23.2 Å². The summed E-state index contributed by atoms with van der Waals surface area (Å²) >= 11 is 0. The van der Waals surface area contributed by atoms with Gasteiger partial charge in [-0.1, -0.05) is 0 Å².